The van der Waals surface area contributed by atoms with Gasteiger partial charge in [0.05, 0.1) is 0 Å². The summed E-state index contributed by atoms with van der Waals surface area (Å²) in [6.07, 6.45) is 1.95. The topological polar surface area (TPSA) is 36.9 Å². The third-order valence-electron chi connectivity index (χ3n) is 2.80. The van der Waals surface area contributed by atoms with Gasteiger partial charge in [-0.05, 0) is 58.3 Å². The van der Waals surface area contributed by atoms with Crippen molar-refractivity contribution in [1.29, 1.82) is 0 Å². The Balaban J connectivity index is 2.84. The Labute approximate surface area is 124 Å². The van der Waals surface area contributed by atoms with E-state index < -0.39 is 41.7 Å². The second kappa shape index (κ2) is 7.12. The molecule has 114 valence electrons. The molecule has 4 nitrogen and oxygen atoms in total. The first-order chi connectivity index (χ1) is 8.66. The van der Waals surface area contributed by atoms with Crippen molar-refractivity contribution in [2.24, 2.45) is 0 Å². The van der Waals surface area contributed by atoms with Crippen LogP contribution in [0.2, 0.25) is 51.9 Å². The molecular formula is C11H30O4Si4. The molecule has 0 aromatic heterocycles. The molecule has 8 heteroatoms. The zero-order chi connectivity index (χ0) is 14.7. The lowest BCUT2D eigenvalue weighted by atomic mass is 10.3. The van der Waals surface area contributed by atoms with Crippen LogP contribution < -0.4 is 0 Å². The SMILES string of the molecule is C[SiH](C)OC1(O[SiH](C)C)CCC[Si](C)(O[SiH](C)C)O1. The molecule has 0 spiro atoms. The van der Waals surface area contributed by atoms with Gasteiger partial charge in [-0.1, -0.05) is 0 Å². The lowest BCUT2D eigenvalue weighted by Crippen LogP contribution is -2.58. The van der Waals surface area contributed by atoms with E-state index in [1.165, 1.54) is 0 Å². The van der Waals surface area contributed by atoms with Gasteiger partial charge in [-0.3, -0.25) is 0 Å². The summed E-state index contributed by atoms with van der Waals surface area (Å²) in [6, 6.07) is 1.06. The van der Waals surface area contributed by atoms with Gasteiger partial charge in [-0.25, -0.2) is 0 Å². The van der Waals surface area contributed by atoms with Crippen molar-refractivity contribution in [3.63, 3.8) is 0 Å². The first-order valence-corrected chi connectivity index (χ1v) is 18.3. The predicted molar refractivity (Wildman–Crippen MR) is 89.4 cm³/mol. The van der Waals surface area contributed by atoms with E-state index in [0.29, 0.717) is 0 Å². The third kappa shape index (κ3) is 5.92. The highest BCUT2D eigenvalue weighted by atomic mass is 28.4. The smallest absolute Gasteiger partial charge is 0.329 e. The molecule has 19 heavy (non-hydrogen) atoms. The molecule has 0 radical (unpaired) electrons. The fourth-order valence-corrected chi connectivity index (χ4v) is 11.2. The largest absolute Gasteiger partial charge is 0.439 e. The fourth-order valence-electron chi connectivity index (χ4n) is 2.55. The van der Waals surface area contributed by atoms with Gasteiger partial charge in [0.2, 0.25) is 0 Å². The van der Waals surface area contributed by atoms with Crippen LogP contribution in [0, 0.1) is 0 Å². The maximum Gasteiger partial charge on any atom is 0.329 e. The van der Waals surface area contributed by atoms with E-state index in [4.69, 9.17) is 17.4 Å². The second-order valence-electron chi connectivity index (χ2n) is 6.27. The van der Waals surface area contributed by atoms with Crippen LogP contribution in [0.15, 0.2) is 0 Å². The van der Waals surface area contributed by atoms with E-state index in [-0.39, 0.29) is 0 Å². The Morgan fingerprint density at radius 2 is 1.47 bits per heavy atom. The first kappa shape index (κ1) is 17.8. The Morgan fingerprint density at radius 1 is 0.947 bits per heavy atom. The van der Waals surface area contributed by atoms with Gasteiger partial charge in [-0.2, -0.15) is 0 Å². The molecule has 1 unspecified atom stereocenters. The molecule has 1 atom stereocenters. The van der Waals surface area contributed by atoms with Gasteiger partial charge < -0.3 is 17.4 Å². The minimum Gasteiger partial charge on any atom is -0.439 e. The molecule has 0 aromatic carbocycles. The summed E-state index contributed by atoms with van der Waals surface area (Å²) in [4.78, 5) is 0. The Hall–Kier alpha value is 0.708. The number of hydrogen-bond donors (Lipinski definition) is 0. The molecule has 0 aliphatic carbocycles. The summed E-state index contributed by atoms with van der Waals surface area (Å²) in [5, 5.41) is 0. The molecular weight excluding hydrogens is 308 g/mol. The van der Waals surface area contributed by atoms with E-state index in [1.807, 2.05) is 0 Å². The summed E-state index contributed by atoms with van der Waals surface area (Å²) < 4.78 is 24.9. The van der Waals surface area contributed by atoms with Crippen LogP contribution in [0.25, 0.3) is 0 Å². The minimum atomic E-state index is -2.11. The van der Waals surface area contributed by atoms with Gasteiger partial charge in [0.1, 0.15) is 0 Å². The Morgan fingerprint density at radius 3 is 1.89 bits per heavy atom. The molecule has 0 amide bonds. The second-order valence-corrected chi connectivity index (χ2v) is 17.0. The highest BCUT2D eigenvalue weighted by Gasteiger charge is 2.49. The normalized spacial score (nSPS) is 27.5. The van der Waals surface area contributed by atoms with Crippen molar-refractivity contribution >= 4 is 35.7 Å². The predicted octanol–water partition coefficient (Wildman–Crippen LogP) is 2.52. The van der Waals surface area contributed by atoms with Gasteiger partial charge in [0, 0.05) is 6.42 Å². The van der Waals surface area contributed by atoms with Crippen LogP contribution in [0.5, 0.6) is 0 Å². The number of rotatable bonds is 6. The van der Waals surface area contributed by atoms with E-state index in [9.17, 15) is 0 Å². The molecule has 0 aromatic rings. The van der Waals surface area contributed by atoms with Gasteiger partial charge in [0.25, 0.3) is 5.97 Å². The van der Waals surface area contributed by atoms with E-state index in [1.54, 1.807) is 0 Å². The molecule has 1 fully saturated rings. The van der Waals surface area contributed by atoms with Crippen LogP contribution in [0.1, 0.15) is 12.8 Å². The maximum atomic E-state index is 6.37. The third-order valence-corrected chi connectivity index (χ3v) is 10.3. The molecule has 1 saturated heterocycles. The first-order valence-electron chi connectivity index (χ1n) is 7.40. The van der Waals surface area contributed by atoms with Crippen LogP contribution in [-0.4, -0.2) is 41.7 Å². The minimum absolute atomic E-state index is 0.775. The maximum absolute atomic E-state index is 6.37. The fraction of sp³-hybridized carbons (Fsp3) is 1.00. The summed E-state index contributed by atoms with van der Waals surface area (Å²) in [5.41, 5.74) is 0. The average molecular weight is 339 g/mol. The van der Waals surface area contributed by atoms with Crippen molar-refractivity contribution in [3.05, 3.63) is 0 Å². The Kier molecular flexibility index (Phi) is 6.65. The lowest BCUT2D eigenvalue weighted by Gasteiger charge is -2.46. The molecule has 1 heterocycles. The van der Waals surface area contributed by atoms with E-state index >= 15 is 0 Å². The van der Waals surface area contributed by atoms with Crippen molar-refractivity contribution < 1.29 is 17.4 Å². The van der Waals surface area contributed by atoms with E-state index in [2.05, 4.69) is 45.8 Å². The van der Waals surface area contributed by atoms with Crippen LogP contribution in [0.4, 0.5) is 0 Å². The molecule has 0 N–H and O–H groups in total. The van der Waals surface area contributed by atoms with Crippen LogP contribution in [-0.2, 0) is 17.4 Å². The summed E-state index contributed by atoms with van der Waals surface area (Å²) in [7, 11) is -5.63. The van der Waals surface area contributed by atoms with Crippen molar-refractivity contribution in [2.45, 2.75) is 70.7 Å². The highest BCUT2D eigenvalue weighted by molar-refractivity contribution is 6.74. The molecule has 0 bridgehead atoms. The summed E-state index contributed by atoms with van der Waals surface area (Å²) >= 11 is 0. The van der Waals surface area contributed by atoms with Crippen LogP contribution in [0.3, 0.4) is 0 Å². The zero-order valence-corrected chi connectivity index (χ0v) is 18.0. The molecule has 1 aliphatic heterocycles. The number of hydrogen-bond acceptors (Lipinski definition) is 4. The van der Waals surface area contributed by atoms with Crippen molar-refractivity contribution in [3.8, 4) is 0 Å². The summed E-state index contributed by atoms with van der Waals surface area (Å²) in [5.74, 6) is -0.775. The molecule has 0 saturated carbocycles. The van der Waals surface area contributed by atoms with Gasteiger partial charge >= 0.3 is 8.56 Å². The van der Waals surface area contributed by atoms with Crippen LogP contribution >= 0.6 is 0 Å². The standard InChI is InChI=1S/C11H30O4Si4/c1-16(2)12-11(13-17(3)4)9-8-10-19(7,14-11)15-18(5)6/h16-18H,8-10H2,1-7H3. The van der Waals surface area contributed by atoms with Gasteiger partial charge in [0.15, 0.2) is 27.1 Å². The lowest BCUT2D eigenvalue weighted by molar-refractivity contribution is -0.280. The van der Waals surface area contributed by atoms with Gasteiger partial charge in [-0.15, -0.1) is 0 Å². The highest BCUT2D eigenvalue weighted by Crippen LogP contribution is 2.37. The van der Waals surface area contributed by atoms with Crippen molar-refractivity contribution in [1.82, 2.24) is 0 Å². The molecule has 1 rings (SSSR count). The quantitative estimate of drug-likeness (QED) is 0.551. The average Bonchev–Trinajstić information content (AvgIpc) is 2.10. The zero-order valence-electron chi connectivity index (χ0n) is 13.5. The molecule has 1 aliphatic rings. The summed E-state index contributed by atoms with van der Waals surface area (Å²) in [6.45, 7) is 15.3. The van der Waals surface area contributed by atoms with E-state index in [0.717, 1.165) is 18.9 Å². The Bertz CT molecular complexity index is 278. The van der Waals surface area contributed by atoms with Crippen molar-refractivity contribution in [2.75, 3.05) is 0 Å². The monoisotopic (exact) mass is 338 g/mol.